The Kier molecular flexibility index (Phi) is 4.57. The maximum Gasteiger partial charge on any atom is 0.167 e. The molecule has 2 aromatic rings. The van der Waals surface area contributed by atoms with Crippen LogP contribution in [0, 0.1) is 5.92 Å². The fourth-order valence-electron chi connectivity index (χ4n) is 1.65. The summed E-state index contributed by atoms with van der Waals surface area (Å²) in [6.45, 7) is 4.40. The summed E-state index contributed by atoms with van der Waals surface area (Å²) in [4.78, 5) is 4.34. The van der Waals surface area contributed by atoms with E-state index in [2.05, 4.69) is 15.2 Å². The highest BCUT2D eigenvalue weighted by molar-refractivity contribution is 5.31. The lowest BCUT2D eigenvalue weighted by Crippen LogP contribution is -2.18. The highest BCUT2D eigenvalue weighted by Crippen LogP contribution is 2.18. The Labute approximate surface area is 118 Å². The molecule has 6 nitrogen and oxygen atoms in total. The van der Waals surface area contributed by atoms with Crippen molar-refractivity contribution in [3.63, 3.8) is 0 Å². The maximum absolute atomic E-state index is 5.99. The fraction of sp³-hybridized carbons (Fsp3) is 0.429. The molecule has 0 fully saturated rings. The Morgan fingerprint density at radius 3 is 2.45 bits per heavy atom. The van der Waals surface area contributed by atoms with Crippen LogP contribution in [0.25, 0.3) is 0 Å². The van der Waals surface area contributed by atoms with Crippen molar-refractivity contribution >= 4 is 0 Å². The van der Waals surface area contributed by atoms with Crippen LogP contribution in [0.15, 0.2) is 24.3 Å². The van der Waals surface area contributed by atoms with E-state index in [1.54, 1.807) is 7.11 Å². The zero-order valence-corrected chi connectivity index (χ0v) is 12.0. The highest BCUT2D eigenvalue weighted by Gasteiger charge is 2.15. The van der Waals surface area contributed by atoms with Crippen molar-refractivity contribution in [3.8, 4) is 11.5 Å². The summed E-state index contributed by atoms with van der Waals surface area (Å²) in [6.07, 6.45) is 0. The number of hydrogen-bond acceptors (Lipinski definition) is 5. The summed E-state index contributed by atoms with van der Waals surface area (Å²) in [7, 11) is 1.63. The minimum Gasteiger partial charge on any atom is -0.497 e. The predicted molar refractivity (Wildman–Crippen MR) is 75.5 cm³/mol. The maximum atomic E-state index is 5.99. The molecule has 0 radical (unpaired) electrons. The van der Waals surface area contributed by atoms with E-state index in [-0.39, 0.29) is 6.04 Å². The lowest BCUT2D eigenvalue weighted by atomic mass is 10.1. The largest absolute Gasteiger partial charge is 0.497 e. The van der Waals surface area contributed by atoms with Gasteiger partial charge in [0.25, 0.3) is 0 Å². The molecule has 1 atom stereocenters. The van der Waals surface area contributed by atoms with E-state index < -0.39 is 0 Å². The summed E-state index contributed by atoms with van der Waals surface area (Å²) < 4.78 is 10.7. The third-order valence-corrected chi connectivity index (χ3v) is 3.00. The molecule has 0 unspecified atom stereocenters. The van der Waals surface area contributed by atoms with Gasteiger partial charge in [0, 0.05) is 0 Å². The zero-order chi connectivity index (χ0) is 14.5. The fourth-order valence-corrected chi connectivity index (χ4v) is 1.65. The van der Waals surface area contributed by atoms with Crippen molar-refractivity contribution in [2.75, 3.05) is 7.11 Å². The lowest BCUT2D eigenvalue weighted by molar-refractivity contribution is 0.295. The first-order valence-corrected chi connectivity index (χ1v) is 6.53. The van der Waals surface area contributed by atoms with Gasteiger partial charge in [0.15, 0.2) is 11.6 Å². The van der Waals surface area contributed by atoms with Gasteiger partial charge in [-0.25, -0.2) is 4.98 Å². The molecule has 6 heteroatoms. The molecule has 0 saturated heterocycles. The van der Waals surface area contributed by atoms with E-state index in [0.29, 0.717) is 24.2 Å². The van der Waals surface area contributed by atoms with Gasteiger partial charge in [-0.1, -0.05) is 13.8 Å². The Morgan fingerprint density at radius 2 is 1.85 bits per heavy atom. The Balaban J connectivity index is 1.93. The molecule has 20 heavy (non-hydrogen) atoms. The predicted octanol–water partition coefficient (Wildman–Crippen LogP) is 2.05. The average molecular weight is 276 g/mol. The topological polar surface area (TPSA) is 86.1 Å². The van der Waals surface area contributed by atoms with Gasteiger partial charge >= 0.3 is 0 Å². The monoisotopic (exact) mass is 276 g/mol. The minimum absolute atomic E-state index is 0.166. The molecule has 0 aliphatic heterocycles. The molecule has 0 aliphatic rings. The standard InChI is InChI=1S/C14H20N4O2/c1-9(2)13(15)14-16-12(17-18-14)8-20-11-6-4-10(19-3)5-7-11/h4-7,9,13H,8,15H2,1-3H3,(H,16,17,18)/t13-/m1/s1. The van der Waals surface area contributed by atoms with E-state index in [1.165, 1.54) is 0 Å². The van der Waals surface area contributed by atoms with Gasteiger partial charge in [-0.2, -0.15) is 5.10 Å². The lowest BCUT2D eigenvalue weighted by Gasteiger charge is -2.10. The summed E-state index contributed by atoms with van der Waals surface area (Å²) in [5.74, 6) is 3.11. The van der Waals surface area contributed by atoms with Crippen LogP contribution in [-0.2, 0) is 6.61 Å². The van der Waals surface area contributed by atoms with E-state index in [9.17, 15) is 0 Å². The average Bonchev–Trinajstić information content (AvgIpc) is 2.93. The van der Waals surface area contributed by atoms with E-state index >= 15 is 0 Å². The molecule has 1 aromatic heterocycles. The van der Waals surface area contributed by atoms with Crippen LogP contribution in [0.1, 0.15) is 31.5 Å². The molecular formula is C14H20N4O2. The molecule has 1 heterocycles. The number of rotatable bonds is 6. The minimum atomic E-state index is -0.166. The van der Waals surface area contributed by atoms with E-state index in [4.69, 9.17) is 15.2 Å². The number of nitrogens with two attached hydrogens (primary N) is 1. The Morgan fingerprint density at radius 1 is 1.20 bits per heavy atom. The molecular weight excluding hydrogens is 256 g/mol. The van der Waals surface area contributed by atoms with Gasteiger partial charge in [-0.05, 0) is 30.2 Å². The molecule has 0 amide bonds. The molecule has 3 N–H and O–H groups in total. The summed E-state index contributed by atoms with van der Waals surface area (Å²) in [5, 5.41) is 6.96. The third kappa shape index (κ3) is 3.48. The van der Waals surface area contributed by atoms with Crippen LogP contribution in [0.2, 0.25) is 0 Å². The van der Waals surface area contributed by atoms with Crippen LogP contribution >= 0.6 is 0 Å². The molecule has 0 spiro atoms. The smallest absolute Gasteiger partial charge is 0.167 e. The molecule has 2 rings (SSSR count). The molecule has 0 saturated carbocycles. The van der Waals surface area contributed by atoms with Crippen LogP contribution in [0.4, 0.5) is 0 Å². The second kappa shape index (κ2) is 6.38. The SMILES string of the molecule is COc1ccc(OCc2nc([C@H](N)C(C)C)n[nH]2)cc1. The summed E-state index contributed by atoms with van der Waals surface area (Å²) in [6, 6.07) is 7.21. The number of benzene rings is 1. The van der Waals surface area contributed by atoms with Gasteiger partial charge in [0.1, 0.15) is 18.1 Å². The first-order valence-electron chi connectivity index (χ1n) is 6.53. The third-order valence-electron chi connectivity index (χ3n) is 3.00. The van der Waals surface area contributed by atoms with Crippen LogP contribution in [0.3, 0.4) is 0 Å². The highest BCUT2D eigenvalue weighted by atomic mass is 16.5. The number of aromatic amines is 1. The molecule has 1 aromatic carbocycles. The Hall–Kier alpha value is -2.08. The first kappa shape index (κ1) is 14.3. The quantitative estimate of drug-likeness (QED) is 0.843. The number of H-pyrrole nitrogens is 1. The van der Waals surface area contributed by atoms with Gasteiger partial charge < -0.3 is 15.2 Å². The molecule has 108 valence electrons. The number of hydrogen-bond donors (Lipinski definition) is 2. The van der Waals surface area contributed by atoms with E-state index in [1.807, 2.05) is 38.1 Å². The van der Waals surface area contributed by atoms with Crippen molar-refractivity contribution in [1.29, 1.82) is 0 Å². The van der Waals surface area contributed by atoms with Crippen molar-refractivity contribution < 1.29 is 9.47 Å². The summed E-state index contributed by atoms with van der Waals surface area (Å²) >= 11 is 0. The Bertz CT molecular complexity index is 536. The normalized spacial score (nSPS) is 12.4. The van der Waals surface area contributed by atoms with Gasteiger partial charge in [-0.15, -0.1) is 0 Å². The zero-order valence-electron chi connectivity index (χ0n) is 12.0. The number of nitrogens with zero attached hydrogens (tertiary/aromatic N) is 2. The summed E-state index contributed by atoms with van der Waals surface area (Å²) in [5.41, 5.74) is 5.99. The molecule has 0 aliphatic carbocycles. The first-order chi connectivity index (χ1) is 9.60. The van der Waals surface area contributed by atoms with Gasteiger partial charge in [-0.3, -0.25) is 5.10 Å². The number of ether oxygens (including phenoxy) is 2. The van der Waals surface area contributed by atoms with E-state index in [0.717, 1.165) is 11.5 Å². The van der Waals surface area contributed by atoms with Crippen molar-refractivity contribution in [2.24, 2.45) is 11.7 Å². The molecule has 0 bridgehead atoms. The van der Waals surface area contributed by atoms with Crippen molar-refractivity contribution in [1.82, 2.24) is 15.2 Å². The van der Waals surface area contributed by atoms with Crippen LogP contribution < -0.4 is 15.2 Å². The van der Waals surface area contributed by atoms with Crippen molar-refractivity contribution in [3.05, 3.63) is 35.9 Å². The van der Waals surface area contributed by atoms with Gasteiger partial charge in [0.05, 0.1) is 13.2 Å². The second-order valence-corrected chi connectivity index (χ2v) is 4.87. The second-order valence-electron chi connectivity index (χ2n) is 4.87. The number of aromatic nitrogens is 3. The number of nitrogens with one attached hydrogen (secondary N) is 1. The van der Waals surface area contributed by atoms with Crippen LogP contribution in [0.5, 0.6) is 11.5 Å². The van der Waals surface area contributed by atoms with Gasteiger partial charge in [0.2, 0.25) is 0 Å². The van der Waals surface area contributed by atoms with Crippen molar-refractivity contribution in [2.45, 2.75) is 26.5 Å². The number of methoxy groups -OCH3 is 1. The van der Waals surface area contributed by atoms with Crippen LogP contribution in [-0.4, -0.2) is 22.3 Å².